The number of carbonyl (C=O) groups excluding carboxylic acids is 2. The van der Waals surface area contributed by atoms with Gasteiger partial charge in [-0.15, -0.1) is 5.10 Å². The molecular formula is C23H24N6O4. The van der Waals surface area contributed by atoms with Crippen LogP contribution in [0.4, 0.5) is 5.69 Å². The summed E-state index contributed by atoms with van der Waals surface area (Å²) >= 11 is 0. The number of fused-ring (bicyclic) bond motifs is 1. The third kappa shape index (κ3) is 5.17. The normalized spacial score (nSPS) is 12.8. The summed E-state index contributed by atoms with van der Waals surface area (Å²) in [6.45, 7) is 4.64. The smallest absolute Gasteiger partial charge is 0.273 e. The van der Waals surface area contributed by atoms with E-state index in [2.05, 4.69) is 20.8 Å². The van der Waals surface area contributed by atoms with Gasteiger partial charge in [0.15, 0.2) is 17.3 Å². The van der Waals surface area contributed by atoms with E-state index in [1.54, 1.807) is 31.2 Å². The fraction of sp³-hybridized carbons (Fsp3) is 0.261. The second-order valence-corrected chi connectivity index (χ2v) is 7.30. The van der Waals surface area contributed by atoms with E-state index in [1.807, 2.05) is 37.3 Å². The fourth-order valence-corrected chi connectivity index (χ4v) is 3.36. The van der Waals surface area contributed by atoms with Crippen molar-refractivity contribution in [2.24, 2.45) is 0 Å². The van der Waals surface area contributed by atoms with Gasteiger partial charge in [0.2, 0.25) is 5.91 Å². The van der Waals surface area contributed by atoms with Gasteiger partial charge >= 0.3 is 0 Å². The van der Waals surface area contributed by atoms with Crippen LogP contribution >= 0.6 is 0 Å². The Labute approximate surface area is 190 Å². The van der Waals surface area contributed by atoms with E-state index in [0.29, 0.717) is 42.8 Å². The van der Waals surface area contributed by atoms with Crippen molar-refractivity contribution in [3.63, 3.8) is 0 Å². The SMILES string of the molecule is CCN(CC(=O)Nc1ccc2c(c1)OCCO2)C(=O)C(=Cc1ccccc1)n1nnnc1C. The average Bonchev–Trinajstić information content (AvgIpc) is 3.26. The molecular weight excluding hydrogens is 424 g/mol. The molecule has 170 valence electrons. The molecule has 4 rings (SSSR count). The number of nitrogens with one attached hydrogen (secondary N) is 1. The van der Waals surface area contributed by atoms with Crippen LogP contribution in [0.3, 0.4) is 0 Å². The molecule has 0 bridgehead atoms. The summed E-state index contributed by atoms with van der Waals surface area (Å²) in [6, 6.07) is 14.6. The lowest BCUT2D eigenvalue weighted by Gasteiger charge is -2.22. The van der Waals surface area contributed by atoms with Gasteiger partial charge in [-0.3, -0.25) is 9.59 Å². The zero-order chi connectivity index (χ0) is 23.2. The predicted molar refractivity (Wildman–Crippen MR) is 121 cm³/mol. The lowest BCUT2D eigenvalue weighted by atomic mass is 10.2. The molecule has 0 aliphatic carbocycles. The van der Waals surface area contributed by atoms with Gasteiger partial charge in [0.1, 0.15) is 25.5 Å². The minimum atomic E-state index is -0.367. The van der Waals surface area contributed by atoms with E-state index in [9.17, 15) is 9.59 Å². The summed E-state index contributed by atoms with van der Waals surface area (Å²) < 4.78 is 12.4. The molecule has 2 heterocycles. The maximum absolute atomic E-state index is 13.4. The third-order valence-corrected chi connectivity index (χ3v) is 5.01. The third-order valence-electron chi connectivity index (χ3n) is 5.01. The molecule has 1 N–H and O–H groups in total. The van der Waals surface area contributed by atoms with Crippen molar-refractivity contribution < 1.29 is 19.1 Å². The van der Waals surface area contributed by atoms with Crippen LogP contribution in [-0.4, -0.2) is 63.2 Å². The largest absolute Gasteiger partial charge is 0.486 e. The molecule has 0 unspecified atom stereocenters. The second kappa shape index (κ2) is 9.94. The molecule has 2 aromatic carbocycles. The summed E-state index contributed by atoms with van der Waals surface area (Å²) in [4.78, 5) is 27.6. The number of hydrogen-bond acceptors (Lipinski definition) is 7. The maximum atomic E-state index is 13.4. The fourth-order valence-electron chi connectivity index (χ4n) is 3.36. The van der Waals surface area contributed by atoms with Gasteiger partial charge in [0.05, 0.1) is 0 Å². The van der Waals surface area contributed by atoms with Crippen LogP contribution in [0.1, 0.15) is 18.3 Å². The van der Waals surface area contributed by atoms with Crippen molar-refractivity contribution in [3.8, 4) is 11.5 Å². The van der Waals surface area contributed by atoms with Crippen molar-refractivity contribution in [2.45, 2.75) is 13.8 Å². The average molecular weight is 448 g/mol. The Balaban J connectivity index is 1.52. The number of aromatic nitrogens is 4. The first-order valence-corrected chi connectivity index (χ1v) is 10.6. The van der Waals surface area contributed by atoms with E-state index in [1.165, 1.54) is 9.58 Å². The number of nitrogens with zero attached hydrogens (tertiary/aromatic N) is 5. The van der Waals surface area contributed by atoms with Crippen molar-refractivity contribution in [3.05, 3.63) is 59.9 Å². The standard InChI is InChI=1S/C23H24N6O4/c1-3-28(15-22(30)24-18-9-10-20-21(14-18)33-12-11-32-20)23(31)19(29-16(2)25-26-27-29)13-17-7-5-4-6-8-17/h4-10,13-14H,3,11-12,15H2,1-2H3,(H,24,30). The number of tetrazole rings is 1. The molecule has 0 radical (unpaired) electrons. The predicted octanol–water partition coefficient (Wildman–Crippen LogP) is 2.24. The first kappa shape index (κ1) is 22.0. The Morgan fingerprint density at radius 2 is 1.88 bits per heavy atom. The van der Waals surface area contributed by atoms with Crippen molar-refractivity contribution in [1.29, 1.82) is 0 Å². The van der Waals surface area contributed by atoms with Crippen LogP contribution in [-0.2, 0) is 9.59 Å². The summed E-state index contributed by atoms with van der Waals surface area (Å²) in [5, 5.41) is 14.3. The molecule has 0 atom stereocenters. The van der Waals surface area contributed by atoms with Gasteiger partial charge in [-0.1, -0.05) is 30.3 Å². The molecule has 0 spiro atoms. The molecule has 2 amide bonds. The molecule has 0 saturated heterocycles. The minimum absolute atomic E-state index is 0.142. The highest BCUT2D eigenvalue weighted by Crippen LogP contribution is 2.32. The molecule has 1 aliphatic rings. The summed E-state index contributed by atoms with van der Waals surface area (Å²) in [6.07, 6.45) is 1.70. The number of anilines is 1. The lowest BCUT2D eigenvalue weighted by Crippen LogP contribution is -2.39. The molecule has 10 heteroatoms. The number of amides is 2. The van der Waals surface area contributed by atoms with Gasteiger partial charge in [-0.25, -0.2) is 0 Å². The van der Waals surface area contributed by atoms with Crippen LogP contribution < -0.4 is 14.8 Å². The van der Waals surface area contributed by atoms with E-state index < -0.39 is 0 Å². The summed E-state index contributed by atoms with van der Waals surface area (Å²) in [7, 11) is 0. The highest BCUT2D eigenvalue weighted by Gasteiger charge is 2.24. The Kier molecular flexibility index (Phi) is 6.63. The van der Waals surface area contributed by atoms with Crippen LogP contribution in [0.2, 0.25) is 0 Å². The number of rotatable bonds is 7. The lowest BCUT2D eigenvalue weighted by molar-refractivity contribution is -0.129. The molecule has 10 nitrogen and oxygen atoms in total. The quantitative estimate of drug-likeness (QED) is 0.552. The number of aryl methyl sites for hydroxylation is 1. The van der Waals surface area contributed by atoms with E-state index in [-0.39, 0.29) is 24.1 Å². The minimum Gasteiger partial charge on any atom is -0.486 e. The second-order valence-electron chi connectivity index (χ2n) is 7.30. The molecule has 0 saturated carbocycles. The molecule has 0 fully saturated rings. The van der Waals surface area contributed by atoms with Crippen LogP contribution in [0.15, 0.2) is 48.5 Å². The molecule has 1 aromatic heterocycles. The number of benzene rings is 2. The summed E-state index contributed by atoms with van der Waals surface area (Å²) in [5.74, 6) is 0.965. The number of carbonyl (C=O) groups is 2. The van der Waals surface area contributed by atoms with Gasteiger partial charge in [-0.2, -0.15) is 4.68 Å². The molecule has 3 aromatic rings. The Morgan fingerprint density at radius 1 is 1.12 bits per heavy atom. The van der Waals surface area contributed by atoms with Crippen molar-refractivity contribution in [2.75, 3.05) is 31.6 Å². The zero-order valence-corrected chi connectivity index (χ0v) is 18.4. The van der Waals surface area contributed by atoms with Gasteiger partial charge in [-0.05, 0) is 48.0 Å². The van der Waals surface area contributed by atoms with Crippen molar-refractivity contribution in [1.82, 2.24) is 25.1 Å². The van der Waals surface area contributed by atoms with Crippen LogP contribution in [0.5, 0.6) is 11.5 Å². The number of hydrogen-bond donors (Lipinski definition) is 1. The number of likely N-dealkylation sites (N-methyl/N-ethyl adjacent to an activating group) is 1. The first-order chi connectivity index (χ1) is 16.0. The molecule has 1 aliphatic heterocycles. The van der Waals surface area contributed by atoms with Crippen LogP contribution in [0.25, 0.3) is 11.8 Å². The van der Waals surface area contributed by atoms with E-state index in [4.69, 9.17) is 9.47 Å². The number of ether oxygens (including phenoxy) is 2. The van der Waals surface area contributed by atoms with Crippen LogP contribution in [0, 0.1) is 6.92 Å². The van der Waals surface area contributed by atoms with Gasteiger partial charge < -0.3 is 19.7 Å². The van der Waals surface area contributed by atoms with Crippen molar-refractivity contribution >= 4 is 29.3 Å². The monoisotopic (exact) mass is 448 g/mol. The highest BCUT2D eigenvalue weighted by atomic mass is 16.6. The Bertz CT molecular complexity index is 1170. The zero-order valence-electron chi connectivity index (χ0n) is 18.4. The Hall–Kier alpha value is -4.21. The Morgan fingerprint density at radius 3 is 2.58 bits per heavy atom. The maximum Gasteiger partial charge on any atom is 0.273 e. The van der Waals surface area contributed by atoms with E-state index in [0.717, 1.165) is 5.56 Å². The van der Waals surface area contributed by atoms with E-state index >= 15 is 0 Å². The first-order valence-electron chi connectivity index (χ1n) is 10.6. The highest BCUT2D eigenvalue weighted by molar-refractivity contribution is 6.19. The summed E-state index contributed by atoms with van der Waals surface area (Å²) in [5.41, 5.74) is 1.62. The topological polar surface area (TPSA) is 111 Å². The molecule has 33 heavy (non-hydrogen) atoms. The van der Waals surface area contributed by atoms with Gasteiger partial charge in [0.25, 0.3) is 5.91 Å². The van der Waals surface area contributed by atoms with Gasteiger partial charge in [0, 0.05) is 18.3 Å².